The predicted molar refractivity (Wildman–Crippen MR) is 56.9 cm³/mol. The SMILES string of the molecule is Cc1oc(C)c(S(=O)(=O)N(C)C)c1CN. The van der Waals surface area contributed by atoms with E-state index in [2.05, 4.69) is 0 Å². The highest BCUT2D eigenvalue weighted by Gasteiger charge is 2.27. The molecule has 15 heavy (non-hydrogen) atoms. The summed E-state index contributed by atoms with van der Waals surface area (Å²) < 4.78 is 30.4. The topological polar surface area (TPSA) is 76.5 Å². The normalized spacial score (nSPS) is 12.4. The van der Waals surface area contributed by atoms with Gasteiger partial charge in [-0.05, 0) is 13.8 Å². The average Bonchev–Trinajstić information content (AvgIpc) is 2.40. The van der Waals surface area contributed by atoms with Crippen molar-refractivity contribution in [2.24, 2.45) is 5.73 Å². The van der Waals surface area contributed by atoms with Crippen molar-refractivity contribution in [2.45, 2.75) is 25.3 Å². The Morgan fingerprint density at radius 1 is 1.27 bits per heavy atom. The Morgan fingerprint density at radius 2 is 1.80 bits per heavy atom. The van der Waals surface area contributed by atoms with Crippen LogP contribution in [0.3, 0.4) is 0 Å². The first kappa shape index (κ1) is 12.2. The summed E-state index contributed by atoms with van der Waals surface area (Å²) in [6, 6.07) is 0. The van der Waals surface area contributed by atoms with Gasteiger partial charge in [-0.1, -0.05) is 0 Å². The minimum absolute atomic E-state index is 0.158. The first-order valence-electron chi connectivity index (χ1n) is 4.53. The number of nitrogens with two attached hydrogens (primary N) is 1. The minimum Gasteiger partial charge on any atom is -0.465 e. The zero-order valence-electron chi connectivity index (χ0n) is 9.36. The smallest absolute Gasteiger partial charge is 0.246 e. The second kappa shape index (κ2) is 3.96. The molecule has 0 saturated heterocycles. The number of rotatable bonds is 3. The van der Waals surface area contributed by atoms with Crippen LogP contribution in [0.4, 0.5) is 0 Å². The van der Waals surface area contributed by atoms with Crippen LogP contribution in [0, 0.1) is 13.8 Å². The highest BCUT2D eigenvalue weighted by Crippen LogP contribution is 2.27. The number of aryl methyl sites for hydroxylation is 2. The molecule has 0 spiro atoms. The molecule has 0 bridgehead atoms. The number of hydrogen-bond donors (Lipinski definition) is 1. The van der Waals surface area contributed by atoms with E-state index in [4.69, 9.17) is 10.2 Å². The van der Waals surface area contributed by atoms with Gasteiger partial charge in [-0.15, -0.1) is 0 Å². The molecule has 0 fully saturated rings. The largest absolute Gasteiger partial charge is 0.465 e. The van der Waals surface area contributed by atoms with Gasteiger partial charge in [0.2, 0.25) is 10.0 Å². The fourth-order valence-corrected chi connectivity index (χ4v) is 2.77. The molecule has 0 aromatic carbocycles. The van der Waals surface area contributed by atoms with Crippen LogP contribution in [-0.4, -0.2) is 26.8 Å². The van der Waals surface area contributed by atoms with Gasteiger partial charge in [0.25, 0.3) is 0 Å². The third-order valence-corrected chi connectivity index (χ3v) is 4.28. The molecular formula is C9H16N2O3S. The third-order valence-electron chi connectivity index (χ3n) is 2.27. The van der Waals surface area contributed by atoms with Crippen molar-refractivity contribution in [1.82, 2.24) is 4.31 Å². The molecule has 0 atom stereocenters. The second-order valence-electron chi connectivity index (χ2n) is 3.51. The summed E-state index contributed by atoms with van der Waals surface area (Å²) in [4.78, 5) is 0.201. The van der Waals surface area contributed by atoms with Gasteiger partial charge in [-0.2, -0.15) is 0 Å². The second-order valence-corrected chi connectivity index (χ2v) is 5.60. The molecule has 1 heterocycles. The van der Waals surface area contributed by atoms with E-state index in [0.717, 1.165) is 4.31 Å². The van der Waals surface area contributed by atoms with Crippen LogP contribution < -0.4 is 5.73 Å². The summed E-state index contributed by atoms with van der Waals surface area (Å²) in [6.45, 7) is 3.50. The quantitative estimate of drug-likeness (QED) is 0.828. The molecular weight excluding hydrogens is 216 g/mol. The standard InChI is InChI=1S/C9H16N2O3S/c1-6-8(5-10)9(7(2)14-6)15(12,13)11(3)4/h5,10H2,1-4H3. The summed E-state index contributed by atoms with van der Waals surface area (Å²) in [6.07, 6.45) is 0. The Labute approximate surface area is 89.9 Å². The van der Waals surface area contributed by atoms with Crippen molar-refractivity contribution in [3.8, 4) is 0 Å². The van der Waals surface area contributed by atoms with Crippen molar-refractivity contribution in [3.63, 3.8) is 0 Å². The Balaban J connectivity index is 3.50. The van der Waals surface area contributed by atoms with Crippen molar-refractivity contribution < 1.29 is 12.8 Å². The maximum atomic E-state index is 12.0. The molecule has 0 amide bonds. The van der Waals surface area contributed by atoms with Crippen LogP contribution in [-0.2, 0) is 16.6 Å². The van der Waals surface area contributed by atoms with Gasteiger partial charge >= 0.3 is 0 Å². The van der Waals surface area contributed by atoms with E-state index in [1.165, 1.54) is 14.1 Å². The van der Waals surface area contributed by atoms with Crippen molar-refractivity contribution in [1.29, 1.82) is 0 Å². The zero-order chi connectivity index (χ0) is 11.8. The lowest BCUT2D eigenvalue weighted by Crippen LogP contribution is -2.24. The van der Waals surface area contributed by atoms with Crippen LogP contribution in [0.25, 0.3) is 0 Å². The van der Waals surface area contributed by atoms with Gasteiger partial charge in [0.1, 0.15) is 16.4 Å². The Hall–Kier alpha value is -0.850. The van der Waals surface area contributed by atoms with E-state index in [-0.39, 0.29) is 11.4 Å². The van der Waals surface area contributed by atoms with Gasteiger partial charge < -0.3 is 10.2 Å². The summed E-state index contributed by atoms with van der Waals surface area (Å²) in [7, 11) is -0.503. The highest BCUT2D eigenvalue weighted by molar-refractivity contribution is 7.89. The Kier molecular flexibility index (Phi) is 3.22. The molecule has 0 saturated carbocycles. The Morgan fingerprint density at radius 3 is 2.20 bits per heavy atom. The summed E-state index contributed by atoms with van der Waals surface area (Å²) >= 11 is 0. The molecule has 6 heteroatoms. The molecule has 1 aromatic heterocycles. The molecule has 0 aliphatic rings. The van der Waals surface area contributed by atoms with Crippen molar-refractivity contribution in [3.05, 3.63) is 17.1 Å². The number of nitrogens with zero attached hydrogens (tertiary/aromatic N) is 1. The zero-order valence-corrected chi connectivity index (χ0v) is 10.2. The third kappa shape index (κ3) is 1.92. The van der Waals surface area contributed by atoms with E-state index in [9.17, 15) is 8.42 Å². The summed E-state index contributed by atoms with van der Waals surface area (Å²) in [5, 5.41) is 0. The molecule has 86 valence electrons. The van der Waals surface area contributed by atoms with E-state index >= 15 is 0 Å². The van der Waals surface area contributed by atoms with Crippen LogP contribution in [0.5, 0.6) is 0 Å². The van der Waals surface area contributed by atoms with E-state index in [1.807, 2.05) is 0 Å². The van der Waals surface area contributed by atoms with Gasteiger partial charge in [0, 0.05) is 26.2 Å². The maximum absolute atomic E-state index is 12.0. The van der Waals surface area contributed by atoms with Crippen LogP contribution in [0.2, 0.25) is 0 Å². The molecule has 2 N–H and O–H groups in total. The first-order chi connectivity index (χ1) is 6.82. The van der Waals surface area contributed by atoms with E-state index in [1.54, 1.807) is 13.8 Å². The van der Waals surface area contributed by atoms with Gasteiger partial charge in [-0.25, -0.2) is 12.7 Å². The van der Waals surface area contributed by atoms with Crippen LogP contribution >= 0.6 is 0 Å². The van der Waals surface area contributed by atoms with Crippen molar-refractivity contribution in [2.75, 3.05) is 14.1 Å². The molecule has 1 aromatic rings. The lowest BCUT2D eigenvalue weighted by molar-refractivity contribution is 0.488. The van der Waals surface area contributed by atoms with Gasteiger partial charge in [0.05, 0.1) is 0 Å². The minimum atomic E-state index is -3.47. The lowest BCUT2D eigenvalue weighted by atomic mass is 10.2. The van der Waals surface area contributed by atoms with Gasteiger partial charge in [0.15, 0.2) is 0 Å². The molecule has 0 radical (unpaired) electrons. The first-order valence-corrected chi connectivity index (χ1v) is 5.97. The molecule has 1 rings (SSSR count). The fourth-order valence-electron chi connectivity index (χ4n) is 1.47. The number of furan rings is 1. The number of sulfonamides is 1. The monoisotopic (exact) mass is 232 g/mol. The van der Waals surface area contributed by atoms with Crippen LogP contribution in [0.1, 0.15) is 17.1 Å². The van der Waals surface area contributed by atoms with Crippen LogP contribution in [0.15, 0.2) is 9.31 Å². The predicted octanol–water partition coefficient (Wildman–Crippen LogP) is 0.605. The molecule has 0 unspecified atom stereocenters. The summed E-state index contributed by atoms with van der Waals surface area (Å²) in [5.41, 5.74) is 6.08. The highest BCUT2D eigenvalue weighted by atomic mass is 32.2. The Bertz CT molecular complexity index is 460. The maximum Gasteiger partial charge on any atom is 0.246 e. The van der Waals surface area contributed by atoms with Gasteiger partial charge in [-0.3, -0.25) is 0 Å². The molecule has 5 nitrogen and oxygen atoms in total. The van der Waals surface area contributed by atoms with Crippen molar-refractivity contribution >= 4 is 10.0 Å². The molecule has 0 aliphatic heterocycles. The number of hydrogen-bond acceptors (Lipinski definition) is 4. The van der Waals surface area contributed by atoms with E-state index in [0.29, 0.717) is 17.1 Å². The lowest BCUT2D eigenvalue weighted by Gasteiger charge is -2.11. The van der Waals surface area contributed by atoms with E-state index < -0.39 is 10.0 Å². The fraction of sp³-hybridized carbons (Fsp3) is 0.556. The summed E-state index contributed by atoms with van der Waals surface area (Å²) in [5.74, 6) is 0.956. The average molecular weight is 232 g/mol. The molecule has 0 aliphatic carbocycles.